The molecule has 1 aromatic carbocycles. The van der Waals surface area contributed by atoms with E-state index in [1.54, 1.807) is 11.8 Å². The highest BCUT2D eigenvalue weighted by atomic mass is 79.9. The summed E-state index contributed by atoms with van der Waals surface area (Å²) in [6, 6.07) is 8.26. The van der Waals surface area contributed by atoms with Gasteiger partial charge in [-0.15, -0.1) is 0 Å². The van der Waals surface area contributed by atoms with Gasteiger partial charge >= 0.3 is 0 Å². The second-order valence-electron chi connectivity index (χ2n) is 6.77. The van der Waals surface area contributed by atoms with Gasteiger partial charge in [0.2, 0.25) is 5.91 Å². The third-order valence-electron chi connectivity index (χ3n) is 4.23. The molecule has 0 bridgehead atoms. The maximum Gasteiger partial charge on any atom is 0.233 e. The van der Waals surface area contributed by atoms with Gasteiger partial charge in [-0.3, -0.25) is 4.79 Å². The van der Waals surface area contributed by atoms with Crippen LogP contribution in [0.4, 0.5) is 0 Å². The Bertz CT molecular complexity index is 668. The molecule has 0 N–H and O–H groups in total. The zero-order valence-electron chi connectivity index (χ0n) is 15.8. The predicted molar refractivity (Wildman–Crippen MR) is 114 cm³/mol. The van der Waals surface area contributed by atoms with Crippen LogP contribution in [0.3, 0.4) is 0 Å². The maximum absolute atomic E-state index is 12.2. The standard InChI is InChI=1S/C21H28BrNO2S/c1-16(2)7-6-8-17(3)11-12-25-21-15-23(20(24)13-22)14-18-9-4-5-10-19(18)26-21/h4-5,7,9-11,21H,6,8,12-15H2,1-3H3/b17-11+. The predicted octanol–water partition coefficient (Wildman–Crippen LogP) is 5.55. The molecule has 2 rings (SSSR count). The second-order valence-corrected chi connectivity index (χ2v) is 8.53. The van der Waals surface area contributed by atoms with E-state index in [0.29, 0.717) is 25.0 Å². The number of nitrogens with zero attached hydrogens (tertiary/aromatic N) is 1. The number of allylic oxidation sites excluding steroid dienone is 3. The highest BCUT2D eigenvalue weighted by Gasteiger charge is 2.25. The van der Waals surface area contributed by atoms with Crippen molar-refractivity contribution < 1.29 is 9.53 Å². The Labute approximate surface area is 170 Å². The van der Waals surface area contributed by atoms with Crippen molar-refractivity contribution in [1.82, 2.24) is 4.90 Å². The third kappa shape index (κ3) is 6.93. The Morgan fingerprint density at radius 3 is 2.81 bits per heavy atom. The fourth-order valence-corrected chi connectivity index (χ4v) is 4.21. The molecule has 1 heterocycles. The highest BCUT2D eigenvalue weighted by Crippen LogP contribution is 2.32. The van der Waals surface area contributed by atoms with Gasteiger partial charge in [-0.05, 0) is 45.2 Å². The summed E-state index contributed by atoms with van der Waals surface area (Å²) >= 11 is 5.00. The molecular formula is C21H28BrNO2S. The summed E-state index contributed by atoms with van der Waals surface area (Å²) in [5.41, 5.74) is 3.84. The minimum absolute atomic E-state index is 0.0523. The van der Waals surface area contributed by atoms with E-state index in [1.807, 2.05) is 17.0 Å². The zero-order chi connectivity index (χ0) is 18.9. The number of carbonyl (C=O) groups is 1. The van der Waals surface area contributed by atoms with Crippen LogP contribution in [0.15, 0.2) is 52.5 Å². The van der Waals surface area contributed by atoms with Crippen LogP contribution in [0, 0.1) is 0 Å². The van der Waals surface area contributed by atoms with Gasteiger partial charge in [0.1, 0.15) is 5.44 Å². The third-order valence-corrected chi connectivity index (χ3v) is 5.91. The van der Waals surface area contributed by atoms with Crippen molar-refractivity contribution in [1.29, 1.82) is 0 Å². The minimum Gasteiger partial charge on any atom is -0.361 e. The van der Waals surface area contributed by atoms with Gasteiger partial charge in [0.05, 0.1) is 18.5 Å². The fraction of sp³-hybridized carbons (Fsp3) is 0.476. The van der Waals surface area contributed by atoms with E-state index in [0.717, 1.165) is 12.8 Å². The topological polar surface area (TPSA) is 29.5 Å². The fourth-order valence-electron chi connectivity index (χ4n) is 2.73. The van der Waals surface area contributed by atoms with Crippen molar-refractivity contribution >= 4 is 33.6 Å². The van der Waals surface area contributed by atoms with E-state index in [2.05, 4.69) is 61.0 Å². The van der Waals surface area contributed by atoms with Crippen LogP contribution < -0.4 is 0 Å². The summed E-state index contributed by atoms with van der Waals surface area (Å²) in [6.07, 6.45) is 6.56. The molecule has 0 saturated heterocycles. The van der Waals surface area contributed by atoms with Crippen molar-refractivity contribution in [3.63, 3.8) is 0 Å². The first-order chi connectivity index (χ1) is 12.5. The first kappa shape index (κ1) is 21.3. The van der Waals surface area contributed by atoms with Crippen LogP contribution in [0.5, 0.6) is 0 Å². The van der Waals surface area contributed by atoms with Crippen molar-refractivity contribution in [3.05, 3.63) is 53.1 Å². The highest BCUT2D eigenvalue weighted by molar-refractivity contribution is 9.09. The monoisotopic (exact) mass is 437 g/mol. The van der Waals surface area contributed by atoms with E-state index in [9.17, 15) is 4.79 Å². The summed E-state index contributed by atoms with van der Waals surface area (Å²) in [7, 11) is 0. The van der Waals surface area contributed by atoms with Gasteiger partial charge in [0.25, 0.3) is 0 Å². The van der Waals surface area contributed by atoms with Crippen molar-refractivity contribution in [2.75, 3.05) is 18.5 Å². The molecule has 1 aromatic rings. The molecule has 5 heteroatoms. The molecule has 26 heavy (non-hydrogen) atoms. The average Bonchev–Trinajstić information content (AvgIpc) is 2.79. The van der Waals surface area contributed by atoms with E-state index in [-0.39, 0.29) is 11.3 Å². The lowest BCUT2D eigenvalue weighted by Crippen LogP contribution is -2.36. The van der Waals surface area contributed by atoms with E-state index < -0.39 is 0 Å². The molecule has 0 aromatic heterocycles. The van der Waals surface area contributed by atoms with E-state index >= 15 is 0 Å². The Hall–Kier alpha value is -1.04. The molecule has 0 fully saturated rings. The molecule has 1 amide bonds. The molecule has 1 atom stereocenters. The number of hydrogen-bond donors (Lipinski definition) is 0. The number of rotatable bonds is 7. The van der Waals surface area contributed by atoms with Crippen LogP contribution in [0.1, 0.15) is 39.2 Å². The zero-order valence-corrected chi connectivity index (χ0v) is 18.2. The molecule has 1 aliphatic heterocycles. The first-order valence-electron chi connectivity index (χ1n) is 8.98. The number of thioether (sulfide) groups is 1. The number of hydrogen-bond acceptors (Lipinski definition) is 3. The Morgan fingerprint density at radius 2 is 2.08 bits per heavy atom. The summed E-state index contributed by atoms with van der Waals surface area (Å²) in [6.45, 7) is 8.24. The van der Waals surface area contributed by atoms with Crippen LogP contribution in [0.25, 0.3) is 0 Å². The lowest BCUT2D eigenvalue weighted by atomic mass is 10.1. The Balaban J connectivity index is 1.97. The number of ether oxygens (including phenoxy) is 1. The van der Waals surface area contributed by atoms with Crippen molar-refractivity contribution in [2.24, 2.45) is 0 Å². The molecule has 1 unspecified atom stereocenters. The second kappa shape index (κ2) is 11.0. The van der Waals surface area contributed by atoms with Gasteiger partial charge in [0, 0.05) is 11.4 Å². The SMILES string of the molecule is CC(C)=CCC/C(C)=C/COC1CN(C(=O)CBr)Cc2ccccc2S1. The molecule has 142 valence electrons. The maximum atomic E-state index is 12.2. The van der Waals surface area contributed by atoms with Gasteiger partial charge in [-0.2, -0.15) is 0 Å². The summed E-state index contributed by atoms with van der Waals surface area (Å²) in [4.78, 5) is 15.3. The van der Waals surface area contributed by atoms with Gasteiger partial charge < -0.3 is 9.64 Å². The Kier molecular flexibility index (Phi) is 8.96. The van der Waals surface area contributed by atoms with E-state index in [1.165, 1.54) is 21.6 Å². The first-order valence-corrected chi connectivity index (χ1v) is 11.0. The summed E-state index contributed by atoms with van der Waals surface area (Å²) < 4.78 is 6.10. The van der Waals surface area contributed by atoms with Gasteiger partial charge in [-0.25, -0.2) is 0 Å². The number of benzene rings is 1. The molecule has 0 saturated carbocycles. The number of halogens is 1. The summed E-state index contributed by atoms with van der Waals surface area (Å²) in [5, 5.41) is 0.343. The van der Waals surface area contributed by atoms with E-state index in [4.69, 9.17) is 4.74 Å². The van der Waals surface area contributed by atoms with Crippen molar-refractivity contribution in [3.8, 4) is 0 Å². The molecular weight excluding hydrogens is 410 g/mol. The molecule has 0 radical (unpaired) electrons. The normalized spacial score (nSPS) is 17.5. The van der Waals surface area contributed by atoms with Crippen LogP contribution in [-0.4, -0.2) is 34.7 Å². The molecule has 0 spiro atoms. The number of carbonyl (C=O) groups excluding carboxylic acids is 1. The lowest BCUT2D eigenvalue weighted by Gasteiger charge is -2.23. The number of fused-ring (bicyclic) bond motifs is 1. The largest absolute Gasteiger partial charge is 0.361 e. The lowest BCUT2D eigenvalue weighted by molar-refractivity contribution is -0.129. The molecule has 0 aliphatic carbocycles. The van der Waals surface area contributed by atoms with Gasteiger partial charge in [0.15, 0.2) is 0 Å². The smallest absolute Gasteiger partial charge is 0.233 e. The number of amides is 1. The van der Waals surface area contributed by atoms with Crippen LogP contribution in [0.2, 0.25) is 0 Å². The quantitative estimate of drug-likeness (QED) is 0.413. The molecule has 3 nitrogen and oxygen atoms in total. The number of alkyl halides is 1. The molecule has 1 aliphatic rings. The average molecular weight is 438 g/mol. The van der Waals surface area contributed by atoms with Gasteiger partial charge in [-0.1, -0.05) is 69.2 Å². The van der Waals surface area contributed by atoms with Crippen molar-refractivity contribution in [2.45, 2.75) is 50.5 Å². The summed E-state index contributed by atoms with van der Waals surface area (Å²) in [5.74, 6) is 0.101. The minimum atomic E-state index is -0.0523. The Morgan fingerprint density at radius 1 is 1.31 bits per heavy atom. The van der Waals surface area contributed by atoms with Crippen LogP contribution in [-0.2, 0) is 16.1 Å². The van der Waals surface area contributed by atoms with Crippen LogP contribution >= 0.6 is 27.7 Å².